The molecule has 0 N–H and O–H groups in total. The van der Waals surface area contributed by atoms with Crippen molar-refractivity contribution in [1.82, 2.24) is 0 Å². The molecule has 0 amide bonds. The molecule has 0 radical (unpaired) electrons. The van der Waals surface area contributed by atoms with Crippen molar-refractivity contribution >= 4 is 31.6 Å². The molecule has 25 heavy (non-hydrogen) atoms. The average Bonchev–Trinajstić information content (AvgIpc) is 2.58. The van der Waals surface area contributed by atoms with Gasteiger partial charge < -0.3 is 4.74 Å². The lowest BCUT2D eigenvalue weighted by molar-refractivity contribution is 0.370. The maximum atomic E-state index is 12.8. The Kier molecular flexibility index (Phi) is 6.51. The maximum Gasteiger partial charge on any atom is 0.264 e. The minimum absolute atomic E-state index is 0.212. The molecule has 0 aliphatic rings. The van der Waals surface area contributed by atoms with E-state index in [2.05, 4.69) is 27.8 Å². The quantitative estimate of drug-likeness (QED) is 0.673. The third-order valence-corrected chi connectivity index (χ3v) is 5.87. The summed E-state index contributed by atoms with van der Waals surface area (Å²) in [6, 6.07) is 11.9. The molecule has 2 aromatic rings. The Balaban J connectivity index is 2.21. The highest BCUT2D eigenvalue weighted by Gasteiger charge is 2.22. The van der Waals surface area contributed by atoms with Crippen molar-refractivity contribution in [1.29, 1.82) is 0 Å². The van der Waals surface area contributed by atoms with E-state index in [0.717, 1.165) is 16.5 Å². The van der Waals surface area contributed by atoms with E-state index >= 15 is 0 Å². The first-order chi connectivity index (χ1) is 11.9. The number of benzene rings is 2. The first-order valence-corrected chi connectivity index (χ1v) is 10.0. The maximum absolute atomic E-state index is 12.8. The first kappa shape index (κ1) is 19.4. The predicted octanol–water partition coefficient (Wildman–Crippen LogP) is 4.37. The van der Waals surface area contributed by atoms with Crippen molar-refractivity contribution in [3.8, 4) is 17.6 Å². The molecule has 0 saturated heterocycles. The molecule has 0 bridgehead atoms. The van der Waals surface area contributed by atoms with Gasteiger partial charge in [-0.2, -0.15) is 0 Å². The molecule has 132 valence electrons. The Morgan fingerprint density at radius 1 is 1.12 bits per heavy atom. The molecule has 0 heterocycles. The molecule has 0 unspecified atom stereocenters. The normalized spacial score (nSPS) is 10.7. The van der Waals surface area contributed by atoms with Crippen LogP contribution in [0.25, 0.3) is 0 Å². The zero-order valence-electron chi connectivity index (χ0n) is 14.4. The van der Waals surface area contributed by atoms with Crippen LogP contribution in [0.5, 0.6) is 5.75 Å². The van der Waals surface area contributed by atoms with Gasteiger partial charge in [0.1, 0.15) is 12.4 Å². The van der Waals surface area contributed by atoms with Gasteiger partial charge in [-0.3, -0.25) is 4.31 Å². The van der Waals surface area contributed by atoms with Crippen LogP contribution in [-0.2, 0) is 10.0 Å². The van der Waals surface area contributed by atoms with E-state index in [1.807, 2.05) is 26.0 Å². The van der Waals surface area contributed by atoms with Gasteiger partial charge >= 0.3 is 0 Å². The summed E-state index contributed by atoms with van der Waals surface area (Å²) in [6.07, 6.45) is 0.780. The summed E-state index contributed by atoms with van der Waals surface area (Å²) in [5.41, 5.74) is 1.51. The van der Waals surface area contributed by atoms with Crippen LogP contribution in [0.1, 0.15) is 18.9 Å². The fourth-order valence-electron chi connectivity index (χ4n) is 2.26. The highest BCUT2D eigenvalue weighted by Crippen LogP contribution is 2.28. The molecule has 0 aliphatic carbocycles. The summed E-state index contributed by atoms with van der Waals surface area (Å²) in [4.78, 5) is 0.212. The number of anilines is 1. The number of hydrogen-bond donors (Lipinski definition) is 0. The van der Waals surface area contributed by atoms with Crippen LogP contribution in [-0.4, -0.2) is 22.1 Å². The van der Waals surface area contributed by atoms with Gasteiger partial charge in [0.15, 0.2) is 0 Å². The molecule has 2 rings (SSSR count). The lowest BCUT2D eigenvalue weighted by Gasteiger charge is -2.21. The molecule has 0 spiro atoms. The molecular weight excluding hydrogens is 402 g/mol. The number of ether oxygens (including phenoxy) is 1. The van der Waals surface area contributed by atoms with Gasteiger partial charge in [-0.25, -0.2) is 8.42 Å². The zero-order chi connectivity index (χ0) is 18.4. The van der Waals surface area contributed by atoms with Crippen molar-refractivity contribution in [3.63, 3.8) is 0 Å². The van der Waals surface area contributed by atoms with Gasteiger partial charge in [0.2, 0.25) is 0 Å². The molecule has 0 aliphatic heterocycles. The van der Waals surface area contributed by atoms with Crippen LogP contribution < -0.4 is 9.04 Å². The van der Waals surface area contributed by atoms with Crippen LogP contribution >= 0.6 is 15.9 Å². The zero-order valence-corrected chi connectivity index (χ0v) is 16.8. The third-order valence-electron chi connectivity index (χ3n) is 3.59. The minimum Gasteiger partial charge on any atom is -0.481 e. The number of nitrogens with zero attached hydrogens (tertiary/aromatic N) is 1. The fourth-order valence-corrected chi connectivity index (χ4v) is 4.00. The number of halogens is 1. The Bertz CT molecular complexity index is 897. The highest BCUT2D eigenvalue weighted by atomic mass is 79.9. The Morgan fingerprint density at radius 3 is 2.40 bits per heavy atom. The summed E-state index contributed by atoms with van der Waals surface area (Å²) in [6.45, 7) is 4.13. The topological polar surface area (TPSA) is 46.6 Å². The van der Waals surface area contributed by atoms with Crippen LogP contribution in [0.2, 0.25) is 0 Å². The third kappa shape index (κ3) is 4.77. The standard InChI is InChI=1S/C19H20BrNO3S/c1-4-5-6-13-24-17-8-10-18(11-9-17)25(22,23)21(3)19-12-7-16(20)14-15(19)2/h7-12,14H,4,13H2,1-3H3. The second kappa shape index (κ2) is 8.41. The lowest BCUT2D eigenvalue weighted by atomic mass is 10.2. The average molecular weight is 422 g/mol. The Labute approximate surface area is 158 Å². The van der Waals surface area contributed by atoms with E-state index < -0.39 is 10.0 Å². The molecule has 0 fully saturated rings. The number of hydrogen-bond acceptors (Lipinski definition) is 3. The predicted molar refractivity (Wildman–Crippen MR) is 104 cm³/mol. The van der Waals surface area contributed by atoms with E-state index in [4.69, 9.17) is 4.74 Å². The van der Waals surface area contributed by atoms with Crippen LogP contribution in [0, 0.1) is 18.8 Å². The highest BCUT2D eigenvalue weighted by molar-refractivity contribution is 9.10. The van der Waals surface area contributed by atoms with Crippen molar-refractivity contribution in [2.24, 2.45) is 0 Å². The summed E-state index contributed by atoms with van der Waals surface area (Å²) in [7, 11) is -2.09. The van der Waals surface area contributed by atoms with Gasteiger partial charge in [-0.15, -0.1) is 5.92 Å². The van der Waals surface area contributed by atoms with Gasteiger partial charge in [-0.05, 0) is 55.0 Å². The second-order valence-corrected chi connectivity index (χ2v) is 8.26. The van der Waals surface area contributed by atoms with Gasteiger partial charge in [0.25, 0.3) is 10.0 Å². The van der Waals surface area contributed by atoms with E-state index in [1.54, 1.807) is 37.4 Å². The second-order valence-electron chi connectivity index (χ2n) is 5.37. The Morgan fingerprint density at radius 2 is 1.80 bits per heavy atom. The fraction of sp³-hybridized carbons (Fsp3) is 0.263. The molecule has 0 atom stereocenters. The van der Waals surface area contributed by atoms with Crippen molar-refractivity contribution in [3.05, 3.63) is 52.5 Å². The van der Waals surface area contributed by atoms with Crippen molar-refractivity contribution < 1.29 is 13.2 Å². The van der Waals surface area contributed by atoms with Gasteiger partial charge in [0.05, 0.1) is 10.6 Å². The summed E-state index contributed by atoms with van der Waals surface area (Å²) in [5, 5.41) is 0. The summed E-state index contributed by atoms with van der Waals surface area (Å²) >= 11 is 3.39. The number of rotatable bonds is 5. The van der Waals surface area contributed by atoms with Crippen LogP contribution in [0.15, 0.2) is 51.8 Å². The van der Waals surface area contributed by atoms with E-state index in [1.165, 1.54) is 4.31 Å². The number of sulfonamides is 1. The van der Waals surface area contributed by atoms with E-state index in [0.29, 0.717) is 11.4 Å². The smallest absolute Gasteiger partial charge is 0.264 e. The first-order valence-electron chi connectivity index (χ1n) is 7.80. The van der Waals surface area contributed by atoms with Crippen LogP contribution in [0.3, 0.4) is 0 Å². The largest absolute Gasteiger partial charge is 0.481 e. The molecule has 0 saturated carbocycles. The molecule has 6 heteroatoms. The van der Waals surface area contributed by atoms with Crippen molar-refractivity contribution in [2.75, 3.05) is 18.0 Å². The summed E-state index contributed by atoms with van der Waals surface area (Å²) < 4.78 is 33.3. The monoisotopic (exact) mass is 421 g/mol. The number of aryl methyl sites for hydroxylation is 1. The molecule has 2 aromatic carbocycles. The van der Waals surface area contributed by atoms with E-state index in [-0.39, 0.29) is 11.5 Å². The molecular formula is C19H20BrNO3S. The molecule has 0 aromatic heterocycles. The Hall–Kier alpha value is -1.97. The van der Waals surface area contributed by atoms with Gasteiger partial charge in [-0.1, -0.05) is 28.8 Å². The molecule has 4 nitrogen and oxygen atoms in total. The van der Waals surface area contributed by atoms with Gasteiger partial charge in [0, 0.05) is 17.9 Å². The van der Waals surface area contributed by atoms with E-state index in [9.17, 15) is 8.42 Å². The van der Waals surface area contributed by atoms with Crippen LogP contribution in [0.4, 0.5) is 5.69 Å². The minimum atomic E-state index is -3.64. The summed E-state index contributed by atoms with van der Waals surface area (Å²) in [5.74, 6) is 6.38. The lowest BCUT2D eigenvalue weighted by Crippen LogP contribution is -2.27. The van der Waals surface area contributed by atoms with Crippen molar-refractivity contribution in [2.45, 2.75) is 25.2 Å². The SMILES string of the molecule is CCC#CCOc1ccc(S(=O)(=O)N(C)c2ccc(Br)cc2C)cc1.